The third kappa shape index (κ3) is 4.28. The number of aliphatic carboxylic acids is 1. The van der Waals surface area contributed by atoms with Gasteiger partial charge in [0.1, 0.15) is 6.04 Å². The smallest absolute Gasteiger partial charge is 0.322 e. The maximum absolute atomic E-state index is 11.2. The van der Waals surface area contributed by atoms with Crippen LogP contribution in [0.4, 0.5) is 0 Å². The average Bonchev–Trinajstić information content (AvgIpc) is 2.22. The Balaban J connectivity index is 2.56. The zero-order chi connectivity index (χ0) is 13.0. The molecular formula is C13H26N2O2. The quantitative estimate of drug-likeness (QED) is 0.768. The van der Waals surface area contributed by atoms with Gasteiger partial charge in [-0.05, 0) is 32.2 Å². The number of hydrogen-bond acceptors (Lipinski definition) is 3. The van der Waals surface area contributed by atoms with Crippen molar-refractivity contribution in [3.63, 3.8) is 0 Å². The fourth-order valence-electron chi connectivity index (χ4n) is 2.52. The summed E-state index contributed by atoms with van der Waals surface area (Å²) in [5.41, 5.74) is 0. The summed E-state index contributed by atoms with van der Waals surface area (Å²) in [6.07, 6.45) is 2.44. The van der Waals surface area contributed by atoms with Crippen LogP contribution in [-0.4, -0.2) is 47.2 Å². The predicted molar refractivity (Wildman–Crippen MR) is 69.1 cm³/mol. The summed E-state index contributed by atoms with van der Waals surface area (Å²) in [7, 11) is 0. The van der Waals surface area contributed by atoms with Gasteiger partial charge in [-0.25, -0.2) is 0 Å². The zero-order valence-electron chi connectivity index (χ0n) is 11.4. The first-order chi connectivity index (χ1) is 7.91. The predicted octanol–water partition coefficient (Wildman–Crippen LogP) is 1.56. The van der Waals surface area contributed by atoms with Crippen molar-refractivity contribution in [2.75, 3.05) is 13.1 Å². The second kappa shape index (κ2) is 6.36. The molecule has 1 rings (SSSR count). The molecule has 17 heavy (non-hydrogen) atoms. The highest BCUT2D eigenvalue weighted by Gasteiger charge is 2.29. The Hall–Kier alpha value is -0.610. The van der Waals surface area contributed by atoms with Crippen LogP contribution in [0.15, 0.2) is 0 Å². The van der Waals surface area contributed by atoms with Gasteiger partial charge in [0.05, 0.1) is 0 Å². The zero-order valence-corrected chi connectivity index (χ0v) is 11.4. The van der Waals surface area contributed by atoms with Crippen LogP contribution in [0, 0.1) is 5.92 Å². The molecule has 1 fully saturated rings. The molecular weight excluding hydrogens is 216 g/mol. The van der Waals surface area contributed by atoms with E-state index in [2.05, 4.69) is 24.1 Å². The van der Waals surface area contributed by atoms with Gasteiger partial charge in [0.25, 0.3) is 0 Å². The van der Waals surface area contributed by atoms with Gasteiger partial charge >= 0.3 is 5.97 Å². The number of piperidine rings is 1. The number of nitrogens with zero attached hydrogens (tertiary/aromatic N) is 1. The van der Waals surface area contributed by atoms with Crippen molar-refractivity contribution >= 4 is 5.97 Å². The normalized spacial score (nSPS) is 28.3. The summed E-state index contributed by atoms with van der Waals surface area (Å²) in [5, 5.41) is 12.3. The van der Waals surface area contributed by atoms with Gasteiger partial charge in [0, 0.05) is 18.6 Å². The van der Waals surface area contributed by atoms with Crippen molar-refractivity contribution in [3.8, 4) is 0 Å². The molecule has 2 N–H and O–H groups in total. The van der Waals surface area contributed by atoms with E-state index in [1.54, 1.807) is 0 Å². The lowest BCUT2D eigenvalue weighted by Crippen LogP contribution is -2.53. The second-order valence-corrected chi connectivity index (χ2v) is 5.57. The van der Waals surface area contributed by atoms with E-state index in [1.807, 2.05) is 13.8 Å². The first-order valence-electron chi connectivity index (χ1n) is 6.64. The fraction of sp³-hybridized carbons (Fsp3) is 0.923. The molecule has 3 atom stereocenters. The van der Waals surface area contributed by atoms with E-state index < -0.39 is 12.0 Å². The van der Waals surface area contributed by atoms with E-state index in [-0.39, 0.29) is 6.04 Å². The van der Waals surface area contributed by atoms with Crippen LogP contribution in [0.2, 0.25) is 0 Å². The van der Waals surface area contributed by atoms with Crippen LogP contribution >= 0.6 is 0 Å². The highest BCUT2D eigenvalue weighted by Crippen LogP contribution is 2.22. The molecule has 4 nitrogen and oxygen atoms in total. The van der Waals surface area contributed by atoms with E-state index >= 15 is 0 Å². The van der Waals surface area contributed by atoms with E-state index in [1.165, 1.54) is 12.8 Å². The third-order valence-corrected chi connectivity index (χ3v) is 3.75. The maximum Gasteiger partial charge on any atom is 0.322 e. The topological polar surface area (TPSA) is 52.6 Å². The van der Waals surface area contributed by atoms with Crippen molar-refractivity contribution < 1.29 is 9.90 Å². The molecule has 0 aromatic rings. The minimum absolute atomic E-state index is 0.202. The van der Waals surface area contributed by atoms with Gasteiger partial charge in [-0.1, -0.05) is 20.8 Å². The van der Waals surface area contributed by atoms with Crippen LogP contribution in [0.1, 0.15) is 40.5 Å². The monoisotopic (exact) mass is 242 g/mol. The maximum atomic E-state index is 11.2. The van der Waals surface area contributed by atoms with Gasteiger partial charge in [0.2, 0.25) is 0 Å². The lowest BCUT2D eigenvalue weighted by molar-refractivity contribution is -0.140. The SMILES string of the molecule is CC(C)NC(CN1CCCC(C)C1C)C(=O)O. The molecule has 3 unspecified atom stereocenters. The Labute approximate surface area is 104 Å². The highest BCUT2D eigenvalue weighted by atomic mass is 16.4. The number of hydrogen-bond donors (Lipinski definition) is 2. The van der Waals surface area contributed by atoms with Gasteiger partial charge in [-0.2, -0.15) is 0 Å². The van der Waals surface area contributed by atoms with Crippen LogP contribution in [-0.2, 0) is 4.79 Å². The Morgan fingerprint density at radius 1 is 1.47 bits per heavy atom. The first kappa shape index (κ1) is 14.5. The van der Waals surface area contributed by atoms with Crippen molar-refractivity contribution in [1.29, 1.82) is 0 Å². The van der Waals surface area contributed by atoms with Crippen LogP contribution < -0.4 is 5.32 Å². The van der Waals surface area contributed by atoms with E-state index in [4.69, 9.17) is 0 Å². The molecule has 1 aliphatic rings. The van der Waals surface area contributed by atoms with Crippen molar-refractivity contribution in [2.24, 2.45) is 5.92 Å². The summed E-state index contributed by atoms with van der Waals surface area (Å²) >= 11 is 0. The molecule has 0 saturated carbocycles. The van der Waals surface area contributed by atoms with E-state index in [9.17, 15) is 9.90 Å². The Morgan fingerprint density at radius 3 is 2.65 bits per heavy atom. The Morgan fingerprint density at radius 2 is 2.12 bits per heavy atom. The Bertz CT molecular complexity index is 256. The third-order valence-electron chi connectivity index (χ3n) is 3.75. The summed E-state index contributed by atoms with van der Waals surface area (Å²) in [5.74, 6) is -0.0821. The van der Waals surface area contributed by atoms with E-state index in [0.717, 1.165) is 6.54 Å². The van der Waals surface area contributed by atoms with Crippen LogP contribution in [0.5, 0.6) is 0 Å². The number of carboxylic acids is 1. The van der Waals surface area contributed by atoms with Gasteiger partial charge in [0.15, 0.2) is 0 Å². The number of carbonyl (C=O) groups is 1. The second-order valence-electron chi connectivity index (χ2n) is 5.57. The summed E-state index contributed by atoms with van der Waals surface area (Å²) in [6.45, 7) is 10.1. The lowest BCUT2D eigenvalue weighted by Gasteiger charge is -2.39. The molecule has 0 amide bonds. The van der Waals surface area contributed by atoms with E-state index in [0.29, 0.717) is 18.5 Å². The molecule has 0 spiro atoms. The Kier molecular flexibility index (Phi) is 5.40. The molecule has 0 aliphatic carbocycles. The number of nitrogens with one attached hydrogen (secondary N) is 1. The molecule has 1 saturated heterocycles. The van der Waals surface area contributed by atoms with Crippen molar-refractivity contribution in [3.05, 3.63) is 0 Å². The summed E-state index contributed by atoms with van der Waals surface area (Å²) in [4.78, 5) is 13.5. The van der Waals surface area contributed by atoms with Gasteiger partial charge < -0.3 is 10.4 Å². The van der Waals surface area contributed by atoms with Gasteiger partial charge in [-0.15, -0.1) is 0 Å². The highest BCUT2D eigenvalue weighted by molar-refractivity contribution is 5.73. The molecule has 0 bridgehead atoms. The lowest BCUT2D eigenvalue weighted by atomic mass is 9.91. The largest absolute Gasteiger partial charge is 0.480 e. The summed E-state index contributed by atoms with van der Waals surface area (Å²) < 4.78 is 0. The molecule has 1 heterocycles. The average molecular weight is 242 g/mol. The van der Waals surface area contributed by atoms with Crippen molar-refractivity contribution in [1.82, 2.24) is 10.2 Å². The van der Waals surface area contributed by atoms with Crippen LogP contribution in [0.25, 0.3) is 0 Å². The minimum atomic E-state index is -0.746. The molecule has 100 valence electrons. The molecule has 4 heteroatoms. The number of likely N-dealkylation sites (tertiary alicyclic amines) is 1. The molecule has 0 aromatic carbocycles. The molecule has 0 radical (unpaired) electrons. The minimum Gasteiger partial charge on any atom is -0.480 e. The van der Waals surface area contributed by atoms with Crippen LogP contribution in [0.3, 0.4) is 0 Å². The number of rotatable bonds is 5. The molecule has 1 aliphatic heterocycles. The molecule has 0 aromatic heterocycles. The standard InChI is InChI=1S/C13H26N2O2/c1-9(2)14-12(13(16)17)8-15-7-5-6-10(3)11(15)4/h9-12,14H,5-8H2,1-4H3,(H,16,17). The van der Waals surface area contributed by atoms with Crippen molar-refractivity contribution in [2.45, 2.75) is 58.7 Å². The fourth-order valence-corrected chi connectivity index (χ4v) is 2.52. The van der Waals surface area contributed by atoms with Gasteiger partial charge in [-0.3, -0.25) is 9.69 Å². The first-order valence-corrected chi connectivity index (χ1v) is 6.64. The number of carboxylic acid groups (broad SMARTS) is 1. The summed E-state index contributed by atoms with van der Waals surface area (Å²) in [6, 6.07) is 0.232.